The van der Waals surface area contributed by atoms with E-state index in [1.165, 1.54) is 11.1 Å². The molecular formula is C22H24N2O3. The number of aryl methyl sites for hydroxylation is 2. The van der Waals surface area contributed by atoms with Crippen molar-refractivity contribution in [2.24, 2.45) is 0 Å². The number of carbonyl (C=O) groups excluding carboxylic acids is 2. The molecule has 3 aromatic rings. The van der Waals surface area contributed by atoms with E-state index in [1.807, 2.05) is 25.1 Å². The molecule has 2 amide bonds. The molecule has 0 atom stereocenters. The molecule has 1 aromatic heterocycles. The lowest BCUT2D eigenvalue weighted by Crippen LogP contribution is -2.42. The lowest BCUT2D eigenvalue weighted by Gasteiger charge is -2.10. The molecule has 140 valence electrons. The standard InChI is InChI=1S/C22H24N2O3/c1-13(2)18-11-19-17(12-27-20(19)9-15(18)4)10-21(25)23-24-22(26)16-7-5-14(3)6-8-16/h5-9,11-13H,10H2,1-4H3,(H,23,25)(H,24,26). The quantitative estimate of drug-likeness (QED) is 0.682. The van der Waals surface area contributed by atoms with Gasteiger partial charge < -0.3 is 4.42 Å². The molecule has 0 aliphatic carbocycles. The zero-order chi connectivity index (χ0) is 19.6. The van der Waals surface area contributed by atoms with Gasteiger partial charge in [-0.05, 0) is 55.2 Å². The zero-order valence-corrected chi connectivity index (χ0v) is 16.1. The summed E-state index contributed by atoms with van der Waals surface area (Å²) in [5, 5.41) is 0.935. The third-order valence-corrected chi connectivity index (χ3v) is 4.64. The number of furan rings is 1. The summed E-state index contributed by atoms with van der Waals surface area (Å²) < 4.78 is 5.60. The summed E-state index contributed by atoms with van der Waals surface area (Å²) in [5.41, 5.74) is 10.5. The summed E-state index contributed by atoms with van der Waals surface area (Å²) in [6, 6.07) is 11.2. The van der Waals surface area contributed by atoms with Gasteiger partial charge in [-0.15, -0.1) is 0 Å². The van der Waals surface area contributed by atoms with Crippen LogP contribution in [0.4, 0.5) is 0 Å². The van der Waals surface area contributed by atoms with Crippen LogP contribution in [0.5, 0.6) is 0 Å². The Kier molecular flexibility index (Phi) is 5.31. The van der Waals surface area contributed by atoms with Crippen LogP contribution in [-0.2, 0) is 11.2 Å². The second-order valence-corrected chi connectivity index (χ2v) is 7.17. The number of hydrazine groups is 1. The Morgan fingerprint density at radius 1 is 1.04 bits per heavy atom. The van der Waals surface area contributed by atoms with E-state index in [4.69, 9.17) is 4.42 Å². The average molecular weight is 364 g/mol. The first kappa shape index (κ1) is 18.7. The fraction of sp³-hybridized carbons (Fsp3) is 0.273. The molecule has 0 radical (unpaired) electrons. The molecule has 2 N–H and O–H groups in total. The Labute approximate surface area is 158 Å². The van der Waals surface area contributed by atoms with Gasteiger partial charge in [0, 0.05) is 16.5 Å². The van der Waals surface area contributed by atoms with Gasteiger partial charge in [-0.2, -0.15) is 0 Å². The van der Waals surface area contributed by atoms with E-state index in [-0.39, 0.29) is 18.2 Å². The Morgan fingerprint density at radius 3 is 2.41 bits per heavy atom. The molecule has 1 heterocycles. The van der Waals surface area contributed by atoms with Crippen LogP contribution in [0, 0.1) is 13.8 Å². The van der Waals surface area contributed by atoms with Gasteiger partial charge in [-0.1, -0.05) is 31.5 Å². The van der Waals surface area contributed by atoms with Crippen LogP contribution in [0.3, 0.4) is 0 Å². The molecule has 0 unspecified atom stereocenters. The number of hydrogen-bond donors (Lipinski definition) is 2. The van der Waals surface area contributed by atoms with Crippen LogP contribution in [0.15, 0.2) is 47.1 Å². The third-order valence-electron chi connectivity index (χ3n) is 4.64. The summed E-state index contributed by atoms with van der Waals surface area (Å²) in [5.74, 6) is -0.261. The molecule has 0 spiro atoms. The van der Waals surface area contributed by atoms with Crippen molar-refractivity contribution < 1.29 is 14.0 Å². The highest BCUT2D eigenvalue weighted by Gasteiger charge is 2.14. The lowest BCUT2D eigenvalue weighted by molar-refractivity contribution is -0.121. The van der Waals surface area contributed by atoms with Crippen LogP contribution in [0.1, 0.15) is 52.4 Å². The number of nitrogens with one attached hydrogen (secondary N) is 2. The largest absolute Gasteiger partial charge is 0.464 e. The van der Waals surface area contributed by atoms with Crippen LogP contribution in [0.25, 0.3) is 11.0 Å². The molecule has 2 aromatic carbocycles. The smallest absolute Gasteiger partial charge is 0.269 e. The molecule has 5 nitrogen and oxygen atoms in total. The first-order valence-corrected chi connectivity index (χ1v) is 9.01. The van der Waals surface area contributed by atoms with Crippen molar-refractivity contribution in [1.82, 2.24) is 10.9 Å². The molecule has 0 bridgehead atoms. The number of rotatable bonds is 4. The topological polar surface area (TPSA) is 71.3 Å². The summed E-state index contributed by atoms with van der Waals surface area (Å²) in [6.07, 6.45) is 1.73. The molecule has 0 saturated heterocycles. The molecule has 0 fully saturated rings. The lowest BCUT2D eigenvalue weighted by atomic mass is 9.95. The SMILES string of the molecule is Cc1ccc(C(=O)NNC(=O)Cc2coc3cc(C)c(C(C)C)cc23)cc1. The van der Waals surface area contributed by atoms with Crippen molar-refractivity contribution in [3.63, 3.8) is 0 Å². The van der Waals surface area contributed by atoms with Crippen molar-refractivity contribution in [3.05, 3.63) is 70.5 Å². The fourth-order valence-corrected chi connectivity index (χ4v) is 3.12. The van der Waals surface area contributed by atoms with Crippen LogP contribution in [0.2, 0.25) is 0 Å². The molecule has 5 heteroatoms. The van der Waals surface area contributed by atoms with Gasteiger partial charge in [0.2, 0.25) is 5.91 Å². The van der Waals surface area contributed by atoms with E-state index in [2.05, 4.69) is 37.7 Å². The van der Waals surface area contributed by atoms with Gasteiger partial charge in [0.15, 0.2) is 0 Å². The number of benzene rings is 2. The molecule has 0 aliphatic rings. The molecule has 3 rings (SSSR count). The van der Waals surface area contributed by atoms with E-state index < -0.39 is 0 Å². The highest BCUT2D eigenvalue weighted by Crippen LogP contribution is 2.29. The van der Waals surface area contributed by atoms with Crippen LogP contribution in [-0.4, -0.2) is 11.8 Å². The normalized spacial score (nSPS) is 11.0. The Balaban J connectivity index is 1.68. The maximum atomic E-state index is 12.3. The number of amides is 2. The fourth-order valence-electron chi connectivity index (χ4n) is 3.12. The minimum Gasteiger partial charge on any atom is -0.464 e. The summed E-state index contributed by atoms with van der Waals surface area (Å²) in [4.78, 5) is 24.4. The summed E-state index contributed by atoms with van der Waals surface area (Å²) in [6.45, 7) is 8.29. The predicted molar refractivity (Wildman–Crippen MR) is 106 cm³/mol. The van der Waals surface area contributed by atoms with Gasteiger partial charge in [0.05, 0.1) is 12.7 Å². The second kappa shape index (κ2) is 7.66. The Morgan fingerprint density at radius 2 is 1.74 bits per heavy atom. The Bertz CT molecular complexity index is 985. The molecule has 0 aliphatic heterocycles. The minimum absolute atomic E-state index is 0.127. The Hall–Kier alpha value is -3.08. The number of carbonyl (C=O) groups is 2. The first-order chi connectivity index (χ1) is 12.8. The zero-order valence-electron chi connectivity index (χ0n) is 16.1. The van der Waals surface area contributed by atoms with Crippen molar-refractivity contribution >= 4 is 22.8 Å². The molecular weight excluding hydrogens is 340 g/mol. The van der Waals surface area contributed by atoms with Crippen molar-refractivity contribution in [2.45, 2.75) is 40.0 Å². The monoisotopic (exact) mass is 364 g/mol. The van der Waals surface area contributed by atoms with Crippen LogP contribution < -0.4 is 10.9 Å². The van der Waals surface area contributed by atoms with Gasteiger partial charge in [0.1, 0.15) is 5.58 Å². The van der Waals surface area contributed by atoms with E-state index in [1.54, 1.807) is 18.4 Å². The van der Waals surface area contributed by atoms with Gasteiger partial charge in [-0.25, -0.2) is 0 Å². The van der Waals surface area contributed by atoms with Crippen LogP contribution >= 0.6 is 0 Å². The predicted octanol–water partition coefficient (Wildman–Crippen LogP) is 4.18. The summed E-state index contributed by atoms with van der Waals surface area (Å²) >= 11 is 0. The minimum atomic E-state index is -0.349. The maximum Gasteiger partial charge on any atom is 0.269 e. The summed E-state index contributed by atoms with van der Waals surface area (Å²) in [7, 11) is 0. The van der Waals surface area contributed by atoms with Crippen molar-refractivity contribution in [1.29, 1.82) is 0 Å². The number of hydrogen-bond acceptors (Lipinski definition) is 3. The third kappa shape index (κ3) is 4.19. The average Bonchev–Trinajstić information content (AvgIpc) is 3.01. The molecule has 0 saturated carbocycles. The van der Waals surface area contributed by atoms with Gasteiger partial charge in [-0.3, -0.25) is 20.4 Å². The van der Waals surface area contributed by atoms with Crippen molar-refractivity contribution in [3.8, 4) is 0 Å². The van der Waals surface area contributed by atoms with E-state index in [0.29, 0.717) is 11.5 Å². The first-order valence-electron chi connectivity index (χ1n) is 9.01. The van der Waals surface area contributed by atoms with E-state index in [0.717, 1.165) is 22.1 Å². The maximum absolute atomic E-state index is 12.3. The van der Waals surface area contributed by atoms with E-state index >= 15 is 0 Å². The van der Waals surface area contributed by atoms with Gasteiger partial charge >= 0.3 is 0 Å². The van der Waals surface area contributed by atoms with E-state index in [9.17, 15) is 9.59 Å². The molecule has 27 heavy (non-hydrogen) atoms. The highest BCUT2D eigenvalue weighted by atomic mass is 16.3. The number of fused-ring (bicyclic) bond motifs is 1. The second-order valence-electron chi connectivity index (χ2n) is 7.17. The van der Waals surface area contributed by atoms with Gasteiger partial charge in [0.25, 0.3) is 5.91 Å². The van der Waals surface area contributed by atoms with Crippen molar-refractivity contribution in [2.75, 3.05) is 0 Å². The highest BCUT2D eigenvalue weighted by molar-refractivity contribution is 5.96.